The van der Waals surface area contributed by atoms with E-state index in [1.807, 2.05) is 6.08 Å². The summed E-state index contributed by atoms with van der Waals surface area (Å²) >= 11 is 0. The van der Waals surface area contributed by atoms with Crippen LogP contribution in [0, 0.1) is 17.3 Å². The number of likely N-dealkylation sites (tertiary alicyclic amines) is 1. The maximum Gasteiger partial charge on any atom is 0.246 e. The molecule has 2 nitrogen and oxygen atoms in total. The molecule has 0 unspecified atom stereocenters. The molecule has 1 aliphatic heterocycles. The lowest BCUT2D eigenvalue weighted by molar-refractivity contribution is -0.125. The van der Waals surface area contributed by atoms with Gasteiger partial charge in [-0.3, -0.25) is 4.79 Å². The number of carbonyl (C=O) groups is 1. The van der Waals surface area contributed by atoms with Crippen LogP contribution < -0.4 is 0 Å². The van der Waals surface area contributed by atoms with Crippen molar-refractivity contribution in [3.05, 3.63) is 12.2 Å². The molecule has 0 bridgehead atoms. The van der Waals surface area contributed by atoms with Crippen LogP contribution in [0.2, 0.25) is 0 Å². The number of nitrogens with zero attached hydrogens (tertiary/aromatic N) is 1. The number of unbranched alkanes of at least 4 members (excludes halogenated alkanes) is 2. The Hall–Kier alpha value is -0.790. The largest absolute Gasteiger partial charge is 0.339 e. The van der Waals surface area contributed by atoms with Gasteiger partial charge in [0.2, 0.25) is 5.91 Å². The molecule has 0 aromatic rings. The fraction of sp³-hybridized carbons (Fsp3) is 0.833. The molecule has 114 valence electrons. The number of hydrogen-bond donors (Lipinski definition) is 0. The van der Waals surface area contributed by atoms with E-state index >= 15 is 0 Å². The minimum Gasteiger partial charge on any atom is -0.339 e. The predicted octanol–water partition coefficient (Wildman–Crippen LogP) is 4.41. The summed E-state index contributed by atoms with van der Waals surface area (Å²) in [5.41, 5.74) is 0.500. The molecule has 0 aromatic heterocycles. The van der Waals surface area contributed by atoms with Crippen molar-refractivity contribution in [1.82, 2.24) is 4.90 Å². The highest BCUT2D eigenvalue weighted by atomic mass is 16.2. The molecular weight excluding hydrogens is 246 g/mol. The van der Waals surface area contributed by atoms with Gasteiger partial charge in [-0.15, -0.1) is 0 Å². The van der Waals surface area contributed by atoms with Gasteiger partial charge in [-0.25, -0.2) is 0 Å². The Morgan fingerprint density at radius 3 is 2.75 bits per heavy atom. The van der Waals surface area contributed by atoms with Crippen molar-refractivity contribution in [3.63, 3.8) is 0 Å². The molecule has 1 amide bonds. The van der Waals surface area contributed by atoms with Gasteiger partial charge in [0.15, 0.2) is 0 Å². The zero-order valence-electron chi connectivity index (χ0n) is 13.5. The van der Waals surface area contributed by atoms with Crippen LogP contribution in [0.25, 0.3) is 0 Å². The minimum absolute atomic E-state index is 0.241. The molecule has 2 fully saturated rings. The average molecular weight is 277 g/mol. The van der Waals surface area contributed by atoms with E-state index in [9.17, 15) is 4.79 Å². The molecule has 1 saturated carbocycles. The molecule has 1 aliphatic carbocycles. The normalized spacial score (nSPS) is 29.6. The van der Waals surface area contributed by atoms with Gasteiger partial charge in [0.1, 0.15) is 0 Å². The van der Waals surface area contributed by atoms with Gasteiger partial charge in [0, 0.05) is 13.1 Å². The highest BCUT2D eigenvalue weighted by Crippen LogP contribution is 2.51. The number of carbonyl (C=O) groups excluding carboxylic acids is 1. The Morgan fingerprint density at radius 2 is 2.10 bits per heavy atom. The average Bonchev–Trinajstić information content (AvgIpc) is 2.77. The standard InChI is InChI=1S/C18H31NO/c1-15(2)8-6-4-5-7-9-17(20)19-11-10-18(14-19)12-16(3)13-18/h7,9,15-16H,4-6,8,10-14H2,1-3H3/b9-7+. The van der Waals surface area contributed by atoms with Crippen molar-refractivity contribution in [1.29, 1.82) is 0 Å². The van der Waals surface area contributed by atoms with Gasteiger partial charge in [0.05, 0.1) is 0 Å². The van der Waals surface area contributed by atoms with Gasteiger partial charge in [-0.05, 0) is 55.4 Å². The molecule has 2 heteroatoms. The van der Waals surface area contributed by atoms with Crippen molar-refractivity contribution < 1.29 is 4.79 Å². The minimum atomic E-state index is 0.241. The summed E-state index contributed by atoms with van der Waals surface area (Å²) in [5, 5.41) is 0. The van der Waals surface area contributed by atoms with E-state index in [4.69, 9.17) is 0 Å². The highest BCUT2D eigenvalue weighted by molar-refractivity contribution is 5.87. The van der Waals surface area contributed by atoms with Crippen molar-refractivity contribution in [2.75, 3.05) is 13.1 Å². The van der Waals surface area contributed by atoms with E-state index in [0.29, 0.717) is 5.41 Å². The van der Waals surface area contributed by atoms with Gasteiger partial charge >= 0.3 is 0 Å². The van der Waals surface area contributed by atoms with Gasteiger partial charge in [-0.1, -0.05) is 39.7 Å². The summed E-state index contributed by atoms with van der Waals surface area (Å²) in [4.78, 5) is 14.2. The number of hydrogen-bond acceptors (Lipinski definition) is 1. The molecule has 1 saturated heterocycles. The maximum atomic E-state index is 12.1. The first-order chi connectivity index (χ1) is 9.51. The van der Waals surface area contributed by atoms with Crippen molar-refractivity contribution in [2.24, 2.45) is 17.3 Å². The summed E-state index contributed by atoms with van der Waals surface area (Å²) in [5.74, 6) is 1.91. The van der Waals surface area contributed by atoms with Crippen LogP contribution >= 0.6 is 0 Å². The Labute approximate surface area is 124 Å². The first-order valence-electron chi connectivity index (χ1n) is 8.46. The number of allylic oxidation sites excluding steroid dienone is 1. The van der Waals surface area contributed by atoms with E-state index < -0.39 is 0 Å². The van der Waals surface area contributed by atoms with Crippen LogP contribution in [0.3, 0.4) is 0 Å². The van der Waals surface area contributed by atoms with Crippen LogP contribution in [0.15, 0.2) is 12.2 Å². The smallest absolute Gasteiger partial charge is 0.246 e. The van der Waals surface area contributed by atoms with Gasteiger partial charge in [0.25, 0.3) is 0 Å². The fourth-order valence-electron chi connectivity index (χ4n) is 3.98. The van der Waals surface area contributed by atoms with Crippen LogP contribution in [-0.2, 0) is 4.79 Å². The second-order valence-corrected chi connectivity index (χ2v) is 7.60. The second-order valence-electron chi connectivity index (χ2n) is 7.60. The molecule has 1 heterocycles. The van der Waals surface area contributed by atoms with E-state index in [0.717, 1.165) is 31.3 Å². The van der Waals surface area contributed by atoms with E-state index in [1.54, 1.807) is 0 Å². The molecule has 2 rings (SSSR count). The highest BCUT2D eigenvalue weighted by Gasteiger charge is 2.47. The summed E-state index contributed by atoms with van der Waals surface area (Å²) in [7, 11) is 0. The van der Waals surface area contributed by atoms with Gasteiger partial charge < -0.3 is 4.90 Å². The Bertz CT molecular complexity index is 352. The molecule has 0 aromatic carbocycles. The zero-order valence-corrected chi connectivity index (χ0v) is 13.5. The summed E-state index contributed by atoms with van der Waals surface area (Å²) in [6, 6.07) is 0. The first kappa shape index (κ1) is 15.6. The van der Waals surface area contributed by atoms with Crippen LogP contribution in [0.4, 0.5) is 0 Å². The lowest BCUT2D eigenvalue weighted by Gasteiger charge is -2.43. The molecule has 1 spiro atoms. The van der Waals surface area contributed by atoms with Crippen molar-refractivity contribution in [2.45, 2.75) is 65.7 Å². The molecule has 0 atom stereocenters. The van der Waals surface area contributed by atoms with Crippen molar-refractivity contribution in [3.8, 4) is 0 Å². The fourth-order valence-corrected chi connectivity index (χ4v) is 3.98. The third-order valence-corrected chi connectivity index (χ3v) is 4.98. The van der Waals surface area contributed by atoms with E-state index in [-0.39, 0.29) is 5.91 Å². The SMILES string of the molecule is CC(C)CCCC/C=C/C(=O)N1CCC2(CC(C)C2)C1. The third-order valence-electron chi connectivity index (χ3n) is 4.98. The monoisotopic (exact) mass is 277 g/mol. The molecule has 0 N–H and O–H groups in total. The first-order valence-corrected chi connectivity index (χ1v) is 8.46. The van der Waals surface area contributed by atoms with Crippen LogP contribution in [0.1, 0.15) is 65.7 Å². The molecule has 20 heavy (non-hydrogen) atoms. The summed E-state index contributed by atoms with van der Waals surface area (Å²) in [6.07, 6.45) is 12.6. The lowest BCUT2D eigenvalue weighted by atomic mass is 9.62. The Morgan fingerprint density at radius 1 is 1.35 bits per heavy atom. The second kappa shape index (κ2) is 6.78. The lowest BCUT2D eigenvalue weighted by Crippen LogP contribution is -2.39. The predicted molar refractivity (Wildman–Crippen MR) is 84.5 cm³/mol. The van der Waals surface area contributed by atoms with Crippen LogP contribution in [0.5, 0.6) is 0 Å². The van der Waals surface area contributed by atoms with E-state index in [1.165, 1.54) is 38.5 Å². The summed E-state index contributed by atoms with van der Waals surface area (Å²) in [6.45, 7) is 8.84. The Kier molecular flexibility index (Phi) is 5.29. The number of rotatable bonds is 6. The maximum absolute atomic E-state index is 12.1. The third kappa shape index (κ3) is 4.10. The number of amides is 1. The molecular formula is C18H31NO. The summed E-state index contributed by atoms with van der Waals surface area (Å²) < 4.78 is 0. The zero-order chi connectivity index (χ0) is 14.6. The van der Waals surface area contributed by atoms with Gasteiger partial charge in [-0.2, -0.15) is 0 Å². The topological polar surface area (TPSA) is 20.3 Å². The Balaban J connectivity index is 1.63. The van der Waals surface area contributed by atoms with Crippen LogP contribution in [-0.4, -0.2) is 23.9 Å². The molecule has 2 aliphatic rings. The van der Waals surface area contributed by atoms with E-state index in [2.05, 4.69) is 31.7 Å². The molecule has 0 radical (unpaired) electrons. The van der Waals surface area contributed by atoms with Crippen molar-refractivity contribution >= 4 is 5.91 Å². The quantitative estimate of drug-likeness (QED) is 0.520.